The molecule has 0 N–H and O–H groups in total. The summed E-state index contributed by atoms with van der Waals surface area (Å²) in [5.41, 5.74) is 0.838. The average Bonchev–Trinajstić information content (AvgIpc) is 2.91. The highest BCUT2D eigenvalue weighted by Crippen LogP contribution is 2.29. The van der Waals surface area contributed by atoms with Crippen LogP contribution in [0.4, 0.5) is 5.82 Å². The Morgan fingerprint density at radius 3 is 2.60 bits per heavy atom. The summed E-state index contributed by atoms with van der Waals surface area (Å²) in [5.74, 6) is -0.0604. The van der Waals surface area contributed by atoms with Crippen LogP contribution in [-0.2, 0) is 26.8 Å². The molecule has 1 aromatic rings. The molecule has 1 aliphatic rings. The van der Waals surface area contributed by atoms with Crippen molar-refractivity contribution in [3.8, 4) is 0 Å². The number of aryl methyl sites for hydroxylation is 1. The third-order valence-electron chi connectivity index (χ3n) is 3.56. The molecular formula is C14H21N3O3. The van der Waals surface area contributed by atoms with E-state index in [1.807, 2.05) is 13.1 Å². The van der Waals surface area contributed by atoms with Crippen LogP contribution >= 0.6 is 0 Å². The maximum Gasteiger partial charge on any atom is 0.311 e. The van der Waals surface area contributed by atoms with Crippen molar-refractivity contribution in [3.63, 3.8) is 0 Å². The number of nitrogens with zero attached hydrogens (tertiary/aromatic N) is 3. The van der Waals surface area contributed by atoms with Gasteiger partial charge in [0.2, 0.25) is 5.91 Å². The van der Waals surface area contributed by atoms with E-state index in [1.54, 1.807) is 9.58 Å². The van der Waals surface area contributed by atoms with E-state index in [0.29, 0.717) is 6.54 Å². The summed E-state index contributed by atoms with van der Waals surface area (Å²) in [6.45, 7) is 6.57. The molecule has 2 heterocycles. The molecule has 1 saturated heterocycles. The van der Waals surface area contributed by atoms with Crippen molar-refractivity contribution < 1.29 is 14.3 Å². The first kappa shape index (κ1) is 14.6. The predicted molar refractivity (Wildman–Crippen MR) is 74.4 cm³/mol. The molecule has 0 aromatic carbocycles. The molecule has 1 fully saturated rings. The third-order valence-corrected chi connectivity index (χ3v) is 3.56. The minimum Gasteiger partial charge on any atom is -0.469 e. The second kappa shape index (κ2) is 4.92. The second-order valence-corrected chi connectivity index (χ2v) is 6.19. The Morgan fingerprint density at radius 2 is 2.10 bits per heavy atom. The Bertz CT molecular complexity index is 542. The van der Waals surface area contributed by atoms with Crippen LogP contribution in [0.15, 0.2) is 6.07 Å². The van der Waals surface area contributed by atoms with Crippen LogP contribution in [0.2, 0.25) is 0 Å². The lowest BCUT2D eigenvalue weighted by Crippen LogP contribution is -2.28. The monoisotopic (exact) mass is 279 g/mol. The number of hydrogen-bond donors (Lipinski definition) is 0. The molecule has 110 valence electrons. The van der Waals surface area contributed by atoms with Gasteiger partial charge in [0.1, 0.15) is 5.82 Å². The minimum atomic E-state index is -0.388. The summed E-state index contributed by atoms with van der Waals surface area (Å²) < 4.78 is 6.41. The normalized spacial score (nSPS) is 19.6. The summed E-state index contributed by atoms with van der Waals surface area (Å²) in [7, 11) is 3.15. The number of methoxy groups -OCH3 is 1. The van der Waals surface area contributed by atoms with Crippen molar-refractivity contribution in [1.29, 1.82) is 0 Å². The number of aromatic nitrogens is 2. The van der Waals surface area contributed by atoms with Gasteiger partial charge in [-0.15, -0.1) is 0 Å². The number of carbonyl (C=O) groups excluding carboxylic acids is 2. The van der Waals surface area contributed by atoms with Gasteiger partial charge in [-0.2, -0.15) is 5.10 Å². The minimum absolute atomic E-state index is 0.0659. The van der Waals surface area contributed by atoms with Gasteiger partial charge in [0.05, 0.1) is 18.7 Å². The molecule has 1 unspecified atom stereocenters. The summed E-state index contributed by atoms with van der Waals surface area (Å²) in [5, 5.41) is 4.46. The van der Waals surface area contributed by atoms with Crippen LogP contribution in [0.1, 0.15) is 32.9 Å². The van der Waals surface area contributed by atoms with Crippen LogP contribution in [-0.4, -0.2) is 35.3 Å². The van der Waals surface area contributed by atoms with E-state index in [-0.39, 0.29) is 29.6 Å². The first-order chi connectivity index (χ1) is 9.24. The van der Waals surface area contributed by atoms with E-state index in [2.05, 4.69) is 25.9 Å². The summed E-state index contributed by atoms with van der Waals surface area (Å²) >= 11 is 0. The average molecular weight is 279 g/mol. The third kappa shape index (κ3) is 2.55. The topological polar surface area (TPSA) is 64.4 Å². The standard InChI is InChI=1S/C14H21N3O3/c1-14(2,3)10-7-11(16(4)15-10)17-8-9(6-12(17)18)13(19)20-5/h7,9H,6,8H2,1-5H3. The van der Waals surface area contributed by atoms with E-state index < -0.39 is 0 Å². The Kier molecular flexibility index (Phi) is 3.58. The molecule has 20 heavy (non-hydrogen) atoms. The van der Waals surface area contributed by atoms with Gasteiger partial charge < -0.3 is 4.74 Å². The second-order valence-electron chi connectivity index (χ2n) is 6.19. The summed E-state index contributed by atoms with van der Waals surface area (Å²) in [6, 6.07) is 1.91. The van der Waals surface area contributed by atoms with Crippen LogP contribution in [0.3, 0.4) is 0 Å². The molecule has 2 rings (SSSR count). The van der Waals surface area contributed by atoms with E-state index >= 15 is 0 Å². The van der Waals surface area contributed by atoms with E-state index in [0.717, 1.165) is 11.5 Å². The highest BCUT2D eigenvalue weighted by atomic mass is 16.5. The van der Waals surface area contributed by atoms with Crippen LogP contribution in [0, 0.1) is 5.92 Å². The Morgan fingerprint density at radius 1 is 1.45 bits per heavy atom. The fourth-order valence-electron chi connectivity index (χ4n) is 2.33. The fourth-order valence-corrected chi connectivity index (χ4v) is 2.33. The van der Waals surface area contributed by atoms with Gasteiger partial charge in [0.15, 0.2) is 0 Å². The molecule has 6 heteroatoms. The smallest absolute Gasteiger partial charge is 0.311 e. The molecule has 1 aliphatic heterocycles. The summed E-state index contributed by atoms with van der Waals surface area (Å²) in [4.78, 5) is 25.3. The molecule has 1 aromatic heterocycles. The quantitative estimate of drug-likeness (QED) is 0.764. The molecule has 0 saturated carbocycles. The van der Waals surface area contributed by atoms with Gasteiger partial charge in [-0.3, -0.25) is 19.2 Å². The SMILES string of the molecule is COC(=O)C1CC(=O)N(c2cc(C(C)(C)C)nn2C)C1. The maximum absolute atomic E-state index is 12.1. The van der Waals surface area contributed by atoms with Crippen molar-refractivity contribution in [2.75, 3.05) is 18.6 Å². The molecule has 0 spiro atoms. The number of amides is 1. The first-order valence-electron chi connectivity index (χ1n) is 6.66. The fraction of sp³-hybridized carbons (Fsp3) is 0.643. The highest BCUT2D eigenvalue weighted by Gasteiger charge is 2.37. The number of ether oxygens (including phenoxy) is 1. The predicted octanol–water partition coefficient (Wildman–Crippen LogP) is 1.24. The molecule has 1 atom stereocenters. The van der Waals surface area contributed by atoms with E-state index in [4.69, 9.17) is 4.74 Å². The number of carbonyl (C=O) groups is 2. The van der Waals surface area contributed by atoms with E-state index in [9.17, 15) is 9.59 Å². The lowest BCUT2D eigenvalue weighted by atomic mass is 9.92. The van der Waals surface area contributed by atoms with Crippen molar-refractivity contribution >= 4 is 17.7 Å². The van der Waals surface area contributed by atoms with Gasteiger partial charge in [0.25, 0.3) is 0 Å². The van der Waals surface area contributed by atoms with Crippen LogP contribution in [0.25, 0.3) is 0 Å². The van der Waals surface area contributed by atoms with Crippen molar-refractivity contribution in [1.82, 2.24) is 9.78 Å². The number of esters is 1. The van der Waals surface area contributed by atoms with Gasteiger partial charge in [-0.05, 0) is 0 Å². The van der Waals surface area contributed by atoms with Crippen LogP contribution < -0.4 is 4.90 Å². The van der Waals surface area contributed by atoms with Crippen molar-refractivity contribution in [2.24, 2.45) is 13.0 Å². The number of hydrogen-bond acceptors (Lipinski definition) is 4. The Hall–Kier alpha value is -1.85. The lowest BCUT2D eigenvalue weighted by Gasteiger charge is -2.16. The zero-order chi connectivity index (χ0) is 15.1. The number of anilines is 1. The van der Waals surface area contributed by atoms with Gasteiger partial charge in [-0.25, -0.2) is 0 Å². The Labute approximate surface area is 118 Å². The van der Waals surface area contributed by atoms with Crippen molar-refractivity contribution in [2.45, 2.75) is 32.6 Å². The largest absolute Gasteiger partial charge is 0.469 e. The zero-order valence-corrected chi connectivity index (χ0v) is 12.6. The lowest BCUT2D eigenvalue weighted by molar-refractivity contribution is -0.145. The van der Waals surface area contributed by atoms with Gasteiger partial charge in [0, 0.05) is 31.5 Å². The number of rotatable bonds is 2. The summed E-state index contributed by atoms with van der Waals surface area (Å²) in [6.07, 6.45) is 0.197. The Balaban J connectivity index is 2.27. The molecule has 0 aliphatic carbocycles. The van der Waals surface area contributed by atoms with Crippen LogP contribution in [0.5, 0.6) is 0 Å². The van der Waals surface area contributed by atoms with Crippen molar-refractivity contribution in [3.05, 3.63) is 11.8 Å². The van der Waals surface area contributed by atoms with E-state index in [1.165, 1.54) is 7.11 Å². The maximum atomic E-state index is 12.1. The molecular weight excluding hydrogens is 258 g/mol. The highest BCUT2D eigenvalue weighted by molar-refractivity contribution is 5.98. The van der Waals surface area contributed by atoms with Gasteiger partial charge in [-0.1, -0.05) is 20.8 Å². The zero-order valence-electron chi connectivity index (χ0n) is 12.6. The first-order valence-corrected chi connectivity index (χ1v) is 6.66. The molecule has 1 amide bonds. The van der Waals surface area contributed by atoms with Gasteiger partial charge >= 0.3 is 5.97 Å². The molecule has 6 nitrogen and oxygen atoms in total. The molecule has 0 radical (unpaired) electrons. The molecule has 0 bridgehead atoms.